The lowest BCUT2D eigenvalue weighted by molar-refractivity contribution is 0.0502. The van der Waals surface area contributed by atoms with Gasteiger partial charge in [0.15, 0.2) is 0 Å². The van der Waals surface area contributed by atoms with Crippen LogP contribution in [0.1, 0.15) is 37.7 Å². The molecule has 3 heterocycles. The highest BCUT2D eigenvalue weighted by molar-refractivity contribution is 5.10. The molecule has 1 aromatic heterocycles. The maximum absolute atomic E-state index is 5.47. The first kappa shape index (κ1) is 14.0. The Hall–Kier alpha value is -0.930. The van der Waals surface area contributed by atoms with Crippen LogP contribution in [-0.2, 0) is 11.2 Å². The van der Waals surface area contributed by atoms with E-state index in [1.165, 1.54) is 57.2 Å². The number of ether oxygens (including phenoxy) is 1. The molecule has 1 atom stereocenters. The van der Waals surface area contributed by atoms with E-state index in [-0.39, 0.29) is 0 Å². The highest BCUT2D eigenvalue weighted by Gasteiger charge is 2.27. The van der Waals surface area contributed by atoms with Gasteiger partial charge in [-0.3, -0.25) is 4.98 Å². The maximum atomic E-state index is 5.47. The predicted molar refractivity (Wildman–Crippen MR) is 80.7 cm³/mol. The van der Waals surface area contributed by atoms with E-state index in [0.717, 1.165) is 25.2 Å². The topological polar surface area (TPSA) is 25.4 Å². The molecule has 2 aliphatic rings. The first-order valence-corrected chi connectivity index (χ1v) is 8.12. The third kappa shape index (κ3) is 3.80. The number of hydrogen-bond acceptors (Lipinski definition) is 3. The molecule has 3 heteroatoms. The Kier molecular flexibility index (Phi) is 5.04. The van der Waals surface area contributed by atoms with Crippen LogP contribution >= 0.6 is 0 Å². The standard InChI is InChI=1S/C17H26N2O/c1-2-17(4-3-15-5-9-18-10-6-15)19(11-1)14-16-7-12-20-13-8-16/h5-6,9-10,16-17H,1-4,7-8,11-14H2/t17-/m1/s1. The van der Waals surface area contributed by atoms with Crippen molar-refractivity contribution in [1.82, 2.24) is 9.88 Å². The smallest absolute Gasteiger partial charge is 0.0469 e. The van der Waals surface area contributed by atoms with Gasteiger partial charge in [-0.05, 0) is 68.7 Å². The van der Waals surface area contributed by atoms with Crippen LogP contribution in [-0.4, -0.2) is 42.2 Å². The van der Waals surface area contributed by atoms with Crippen LogP contribution in [0.3, 0.4) is 0 Å². The number of pyridine rings is 1. The van der Waals surface area contributed by atoms with Gasteiger partial charge in [0, 0.05) is 38.2 Å². The molecule has 0 radical (unpaired) electrons. The molecule has 0 unspecified atom stereocenters. The Balaban J connectivity index is 1.47. The Morgan fingerprint density at radius 3 is 2.75 bits per heavy atom. The predicted octanol–water partition coefficient (Wildman–Crippen LogP) is 2.91. The minimum absolute atomic E-state index is 0.797. The van der Waals surface area contributed by atoms with Gasteiger partial charge in [0.1, 0.15) is 0 Å². The number of likely N-dealkylation sites (tertiary alicyclic amines) is 1. The largest absolute Gasteiger partial charge is 0.381 e. The summed E-state index contributed by atoms with van der Waals surface area (Å²) in [5, 5.41) is 0. The van der Waals surface area contributed by atoms with Crippen LogP contribution < -0.4 is 0 Å². The number of hydrogen-bond donors (Lipinski definition) is 0. The highest BCUT2D eigenvalue weighted by Crippen LogP contribution is 2.25. The molecular formula is C17H26N2O. The molecule has 0 amide bonds. The van der Waals surface area contributed by atoms with Crippen molar-refractivity contribution in [3.05, 3.63) is 30.1 Å². The fraction of sp³-hybridized carbons (Fsp3) is 0.706. The molecular weight excluding hydrogens is 248 g/mol. The molecule has 1 aromatic rings. The molecule has 20 heavy (non-hydrogen) atoms. The maximum Gasteiger partial charge on any atom is 0.0469 e. The first-order chi connectivity index (χ1) is 9.92. The molecule has 0 aliphatic carbocycles. The first-order valence-electron chi connectivity index (χ1n) is 8.12. The van der Waals surface area contributed by atoms with Crippen LogP contribution in [0.2, 0.25) is 0 Å². The van der Waals surface area contributed by atoms with Crippen LogP contribution in [0, 0.1) is 5.92 Å². The fourth-order valence-corrected chi connectivity index (χ4v) is 3.61. The van der Waals surface area contributed by atoms with Gasteiger partial charge in [-0.1, -0.05) is 0 Å². The zero-order valence-corrected chi connectivity index (χ0v) is 12.3. The average molecular weight is 274 g/mol. The lowest BCUT2D eigenvalue weighted by Crippen LogP contribution is -2.36. The zero-order chi connectivity index (χ0) is 13.6. The molecule has 0 N–H and O–H groups in total. The molecule has 3 rings (SSSR count). The van der Waals surface area contributed by atoms with Crippen LogP contribution in [0.15, 0.2) is 24.5 Å². The lowest BCUT2D eigenvalue weighted by atomic mass is 9.98. The molecule has 0 bridgehead atoms. The van der Waals surface area contributed by atoms with Crippen molar-refractivity contribution in [2.75, 3.05) is 26.3 Å². The quantitative estimate of drug-likeness (QED) is 0.825. The van der Waals surface area contributed by atoms with E-state index in [0.29, 0.717) is 0 Å². The van der Waals surface area contributed by atoms with Crippen molar-refractivity contribution in [1.29, 1.82) is 0 Å². The van der Waals surface area contributed by atoms with E-state index >= 15 is 0 Å². The molecule has 2 aliphatic heterocycles. The molecule has 2 fully saturated rings. The van der Waals surface area contributed by atoms with Crippen molar-refractivity contribution in [2.24, 2.45) is 5.92 Å². The number of rotatable bonds is 5. The van der Waals surface area contributed by atoms with Crippen molar-refractivity contribution < 1.29 is 4.74 Å². The summed E-state index contributed by atoms with van der Waals surface area (Å²) in [7, 11) is 0. The van der Waals surface area contributed by atoms with Crippen LogP contribution in [0.4, 0.5) is 0 Å². The monoisotopic (exact) mass is 274 g/mol. The minimum Gasteiger partial charge on any atom is -0.381 e. The summed E-state index contributed by atoms with van der Waals surface area (Å²) in [6, 6.07) is 5.10. The second-order valence-electron chi connectivity index (χ2n) is 6.24. The van der Waals surface area contributed by atoms with Gasteiger partial charge in [-0.15, -0.1) is 0 Å². The van der Waals surface area contributed by atoms with Gasteiger partial charge < -0.3 is 9.64 Å². The van der Waals surface area contributed by atoms with Crippen molar-refractivity contribution in [3.8, 4) is 0 Å². The summed E-state index contributed by atoms with van der Waals surface area (Å²) in [6.07, 6.45) is 11.6. The van der Waals surface area contributed by atoms with Gasteiger partial charge in [-0.25, -0.2) is 0 Å². The molecule has 3 nitrogen and oxygen atoms in total. The molecule has 0 spiro atoms. The van der Waals surface area contributed by atoms with Gasteiger partial charge in [-0.2, -0.15) is 0 Å². The van der Waals surface area contributed by atoms with E-state index in [9.17, 15) is 0 Å². The second kappa shape index (κ2) is 7.19. The Morgan fingerprint density at radius 2 is 1.95 bits per heavy atom. The highest BCUT2D eigenvalue weighted by atomic mass is 16.5. The van der Waals surface area contributed by atoms with Gasteiger partial charge in [0.2, 0.25) is 0 Å². The molecule has 0 aromatic carbocycles. The molecule has 2 saturated heterocycles. The van der Waals surface area contributed by atoms with Gasteiger partial charge in [0.05, 0.1) is 0 Å². The summed E-state index contributed by atoms with van der Waals surface area (Å²) >= 11 is 0. The fourth-order valence-electron chi connectivity index (χ4n) is 3.61. The lowest BCUT2D eigenvalue weighted by Gasteiger charge is -2.31. The number of aromatic nitrogens is 1. The van der Waals surface area contributed by atoms with Gasteiger partial charge >= 0.3 is 0 Å². The normalized spacial score (nSPS) is 25.1. The van der Waals surface area contributed by atoms with Crippen LogP contribution in [0.5, 0.6) is 0 Å². The average Bonchev–Trinajstić information content (AvgIpc) is 2.94. The molecule has 0 saturated carbocycles. The van der Waals surface area contributed by atoms with E-state index in [1.54, 1.807) is 0 Å². The third-order valence-corrected chi connectivity index (χ3v) is 4.85. The Labute approximate surface area is 122 Å². The summed E-state index contributed by atoms with van der Waals surface area (Å²) in [4.78, 5) is 6.84. The Bertz CT molecular complexity index is 389. The minimum atomic E-state index is 0.797. The number of aryl methyl sites for hydroxylation is 1. The second-order valence-corrected chi connectivity index (χ2v) is 6.24. The van der Waals surface area contributed by atoms with Gasteiger partial charge in [0.25, 0.3) is 0 Å². The Morgan fingerprint density at radius 1 is 1.15 bits per heavy atom. The van der Waals surface area contributed by atoms with E-state index in [1.807, 2.05) is 12.4 Å². The summed E-state index contributed by atoms with van der Waals surface area (Å²) in [5.41, 5.74) is 1.43. The number of nitrogens with zero attached hydrogens (tertiary/aromatic N) is 2. The van der Waals surface area contributed by atoms with Crippen molar-refractivity contribution in [2.45, 2.75) is 44.6 Å². The van der Waals surface area contributed by atoms with Crippen LogP contribution in [0.25, 0.3) is 0 Å². The summed E-state index contributed by atoms with van der Waals surface area (Å²) in [6.45, 7) is 4.54. The SMILES string of the molecule is c1cc(CC[C@H]2CCCN2CC2CCOCC2)ccn1. The van der Waals surface area contributed by atoms with E-state index in [2.05, 4.69) is 22.0 Å². The van der Waals surface area contributed by atoms with E-state index < -0.39 is 0 Å². The van der Waals surface area contributed by atoms with Crippen molar-refractivity contribution in [3.63, 3.8) is 0 Å². The van der Waals surface area contributed by atoms with Crippen molar-refractivity contribution >= 4 is 0 Å². The summed E-state index contributed by atoms with van der Waals surface area (Å²) < 4.78 is 5.47. The third-order valence-electron chi connectivity index (χ3n) is 4.85. The molecule has 110 valence electrons. The summed E-state index contributed by atoms with van der Waals surface area (Å²) in [5.74, 6) is 0.866. The van der Waals surface area contributed by atoms with E-state index in [4.69, 9.17) is 4.74 Å². The zero-order valence-electron chi connectivity index (χ0n) is 12.3.